The molecule has 0 spiro atoms. The van der Waals surface area contributed by atoms with Crippen LogP contribution >= 0.6 is 0 Å². The van der Waals surface area contributed by atoms with Crippen molar-refractivity contribution < 1.29 is 19.4 Å². The first-order valence-corrected chi connectivity index (χ1v) is 5.60. The van der Waals surface area contributed by atoms with Gasteiger partial charge in [-0.3, -0.25) is 4.79 Å². The zero-order valence-corrected chi connectivity index (χ0v) is 11.1. The summed E-state index contributed by atoms with van der Waals surface area (Å²) in [5.74, 6) is 0.728. The number of aromatic hydroxyl groups is 1. The van der Waals surface area contributed by atoms with E-state index in [9.17, 15) is 9.90 Å². The molecule has 1 rings (SSSR count). The van der Waals surface area contributed by atoms with Crippen molar-refractivity contribution in [1.82, 2.24) is 0 Å². The average Bonchev–Trinajstić information content (AvgIpc) is 2.35. The fourth-order valence-electron chi connectivity index (χ4n) is 1.71. The maximum absolute atomic E-state index is 11.0. The molecule has 0 amide bonds. The van der Waals surface area contributed by atoms with E-state index in [2.05, 4.69) is 0 Å². The van der Waals surface area contributed by atoms with Gasteiger partial charge in [0.15, 0.2) is 6.29 Å². The first-order chi connectivity index (χ1) is 8.54. The highest BCUT2D eigenvalue weighted by Crippen LogP contribution is 2.38. The van der Waals surface area contributed by atoms with Crippen molar-refractivity contribution in [1.29, 1.82) is 0 Å². The Balaban J connectivity index is 3.43. The Morgan fingerprint density at radius 1 is 1.33 bits per heavy atom. The lowest BCUT2D eigenvalue weighted by molar-refractivity contribution is 0.111. The number of phenolic OH excluding ortho intramolecular Hbond substituents is 1. The number of aldehydes is 1. The van der Waals surface area contributed by atoms with Gasteiger partial charge in [0.1, 0.15) is 17.2 Å². The van der Waals surface area contributed by atoms with Crippen molar-refractivity contribution in [3.63, 3.8) is 0 Å². The van der Waals surface area contributed by atoms with E-state index >= 15 is 0 Å². The summed E-state index contributed by atoms with van der Waals surface area (Å²) in [6.07, 6.45) is 3.17. The monoisotopic (exact) mass is 250 g/mol. The van der Waals surface area contributed by atoms with Crippen molar-refractivity contribution in [3.8, 4) is 17.2 Å². The predicted octanol–water partition coefficient (Wildman–Crippen LogP) is 2.73. The van der Waals surface area contributed by atoms with E-state index in [0.717, 1.165) is 11.1 Å². The Morgan fingerprint density at radius 2 is 2.00 bits per heavy atom. The molecule has 1 N–H and O–H groups in total. The van der Waals surface area contributed by atoms with Crippen LogP contribution < -0.4 is 9.47 Å². The minimum atomic E-state index is -0.139. The molecule has 0 aliphatic rings. The molecule has 0 unspecified atom stereocenters. The summed E-state index contributed by atoms with van der Waals surface area (Å²) in [6.45, 7) is 3.97. The van der Waals surface area contributed by atoms with Gasteiger partial charge in [0, 0.05) is 11.6 Å². The summed E-state index contributed by atoms with van der Waals surface area (Å²) in [6, 6.07) is 1.43. The summed E-state index contributed by atoms with van der Waals surface area (Å²) in [5, 5.41) is 9.73. The molecule has 0 heterocycles. The fourth-order valence-corrected chi connectivity index (χ4v) is 1.71. The fraction of sp³-hybridized carbons (Fsp3) is 0.357. The van der Waals surface area contributed by atoms with E-state index in [1.807, 2.05) is 19.9 Å². The number of carbonyl (C=O) groups excluding carboxylic acids is 1. The maximum atomic E-state index is 11.0. The van der Waals surface area contributed by atoms with E-state index in [1.165, 1.54) is 20.3 Å². The van der Waals surface area contributed by atoms with Gasteiger partial charge < -0.3 is 14.6 Å². The second kappa shape index (κ2) is 6.10. The van der Waals surface area contributed by atoms with E-state index in [4.69, 9.17) is 9.47 Å². The van der Waals surface area contributed by atoms with Crippen molar-refractivity contribution in [3.05, 3.63) is 28.8 Å². The van der Waals surface area contributed by atoms with Crippen LogP contribution in [0.4, 0.5) is 0 Å². The molecular formula is C14H18O4. The molecular weight excluding hydrogens is 232 g/mol. The van der Waals surface area contributed by atoms with Gasteiger partial charge in [-0.1, -0.05) is 11.6 Å². The molecule has 0 radical (unpaired) electrons. The van der Waals surface area contributed by atoms with Crippen LogP contribution in [0.2, 0.25) is 0 Å². The third-order valence-corrected chi connectivity index (χ3v) is 2.62. The van der Waals surface area contributed by atoms with Gasteiger partial charge in [0.25, 0.3) is 0 Å². The molecule has 0 saturated carbocycles. The summed E-state index contributed by atoms with van der Waals surface area (Å²) in [4.78, 5) is 11.0. The smallest absolute Gasteiger partial charge is 0.157 e. The Morgan fingerprint density at radius 3 is 2.44 bits per heavy atom. The first kappa shape index (κ1) is 14.1. The zero-order valence-electron chi connectivity index (χ0n) is 11.1. The molecule has 0 aliphatic carbocycles. The van der Waals surface area contributed by atoms with Crippen LogP contribution in [0.1, 0.15) is 29.8 Å². The first-order valence-electron chi connectivity index (χ1n) is 5.60. The summed E-state index contributed by atoms with van der Waals surface area (Å²) >= 11 is 0. The highest BCUT2D eigenvalue weighted by atomic mass is 16.5. The van der Waals surface area contributed by atoms with E-state index in [1.54, 1.807) is 0 Å². The third-order valence-electron chi connectivity index (χ3n) is 2.62. The number of rotatable bonds is 5. The number of ether oxygens (including phenoxy) is 2. The number of benzene rings is 1. The summed E-state index contributed by atoms with van der Waals surface area (Å²) in [5.41, 5.74) is 2.05. The molecule has 18 heavy (non-hydrogen) atoms. The van der Waals surface area contributed by atoms with Crippen LogP contribution in [-0.2, 0) is 6.42 Å². The molecule has 4 heteroatoms. The van der Waals surface area contributed by atoms with Gasteiger partial charge in [0.05, 0.1) is 19.8 Å². The van der Waals surface area contributed by atoms with Crippen LogP contribution in [0.15, 0.2) is 17.7 Å². The largest absolute Gasteiger partial charge is 0.507 e. The Bertz CT molecular complexity index is 471. The molecule has 0 bridgehead atoms. The van der Waals surface area contributed by atoms with Gasteiger partial charge >= 0.3 is 0 Å². The van der Waals surface area contributed by atoms with Gasteiger partial charge in [-0.25, -0.2) is 0 Å². The second-order valence-electron chi connectivity index (χ2n) is 4.13. The molecule has 4 nitrogen and oxygen atoms in total. The molecule has 0 fully saturated rings. The molecule has 0 saturated heterocycles. The SMILES string of the molecule is COc1cc(O)c(C=O)c(OC)c1CC=C(C)C. The van der Waals surface area contributed by atoms with Crippen LogP contribution in [0.25, 0.3) is 0 Å². The lowest BCUT2D eigenvalue weighted by Gasteiger charge is -2.15. The number of allylic oxidation sites excluding steroid dienone is 2. The van der Waals surface area contributed by atoms with Crippen molar-refractivity contribution >= 4 is 6.29 Å². The lowest BCUT2D eigenvalue weighted by atomic mass is 10.0. The van der Waals surface area contributed by atoms with Crippen LogP contribution in [0, 0.1) is 0 Å². The number of hydrogen-bond acceptors (Lipinski definition) is 4. The van der Waals surface area contributed by atoms with Crippen molar-refractivity contribution in [2.24, 2.45) is 0 Å². The number of hydrogen-bond donors (Lipinski definition) is 1. The Kier molecular flexibility index (Phi) is 4.77. The van der Waals surface area contributed by atoms with Crippen LogP contribution in [-0.4, -0.2) is 25.6 Å². The van der Waals surface area contributed by atoms with Crippen LogP contribution in [0.5, 0.6) is 17.2 Å². The number of phenols is 1. The van der Waals surface area contributed by atoms with Gasteiger partial charge in [-0.05, 0) is 20.3 Å². The molecule has 0 aromatic heterocycles. The van der Waals surface area contributed by atoms with Crippen molar-refractivity contribution in [2.45, 2.75) is 20.3 Å². The predicted molar refractivity (Wildman–Crippen MR) is 69.7 cm³/mol. The number of carbonyl (C=O) groups is 1. The summed E-state index contributed by atoms with van der Waals surface area (Å²) < 4.78 is 10.4. The highest BCUT2D eigenvalue weighted by Gasteiger charge is 2.18. The molecule has 0 aliphatic heterocycles. The van der Waals surface area contributed by atoms with Crippen molar-refractivity contribution in [2.75, 3.05) is 14.2 Å². The minimum Gasteiger partial charge on any atom is -0.507 e. The van der Waals surface area contributed by atoms with E-state index in [0.29, 0.717) is 24.2 Å². The summed E-state index contributed by atoms with van der Waals surface area (Å²) in [7, 11) is 2.98. The molecule has 98 valence electrons. The zero-order chi connectivity index (χ0) is 13.7. The quantitative estimate of drug-likeness (QED) is 0.645. The molecule has 1 aromatic carbocycles. The Hall–Kier alpha value is -1.97. The average molecular weight is 250 g/mol. The van der Waals surface area contributed by atoms with Crippen LogP contribution in [0.3, 0.4) is 0 Å². The Labute approximate surface area is 107 Å². The molecule has 0 atom stereocenters. The lowest BCUT2D eigenvalue weighted by Crippen LogP contribution is -2.00. The van der Waals surface area contributed by atoms with E-state index in [-0.39, 0.29) is 11.3 Å². The topological polar surface area (TPSA) is 55.8 Å². The minimum absolute atomic E-state index is 0.139. The maximum Gasteiger partial charge on any atom is 0.157 e. The van der Waals surface area contributed by atoms with Gasteiger partial charge in [0.2, 0.25) is 0 Å². The van der Waals surface area contributed by atoms with Gasteiger partial charge in [-0.15, -0.1) is 0 Å². The standard InChI is InChI=1S/C14H18O4/c1-9(2)5-6-10-13(17-3)7-12(16)11(8-15)14(10)18-4/h5,7-8,16H,6H2,1-4H3. The third kappa shape index (κ3) is 2.83. The number of methoxy groups -OCH3 is 2. The second-order valence-corrected chi connectivity index (χ2v) is 4.13. The van der Waals surface area contributed by atoms with Gasteiger partial charge in [-0.2, -0.15) is 0 Å². The normalized spacial score (nSPS) is 9.78. The molecule has 1 aromatic rings. The van der Waals surface area contributed by atoms with E-state index < -0.39 is 0 Å². The highest BCUT2D eigenvalue weighted by molar-refractivity contribution is 5.85.